The summed E-state index contributed by atoms with van der Waals surface area (Å²) in [6, 6.07) is 10.6. The van der Waals surface area contributed by atoms with Crippen LogP contribution >= 0.6 is 0 Å². The first-order chi connectivity index (χ1) is 17.9. The Morgan fingerprint density at radius 1 is 0.816 bits per heavy atom. The van der Waals surface area contributed by atoms with Crippen molar-refractivity contribution in [1.82, 2.24) is 5.32 Å². The van der Waals surface area contributed by atoms with Gasteiger partial charge in [-0.2, -0.15) is 0 Å². The molecule has 9 nitrogen and oxygen atoms in total. The normalized spacial score (nSPS) is 11.3. The number of carboxylic acid groups (broad SMARTS) is 2. The van der Waals surface area contributed by atoms with E-state index in [1.807, 2.05) is 26.0 Å². The van der Waals surface area contributed by atoms with Crippen LogP contribution in [0.3, 0.4) is 0 Å². The van der Waals surface area contributed by atoms with E-state index in [4.69, 9.17) is 4.74 Å². The Kier molecular flexibility index (Phi) is 8.53. The molecular weight excluding hydrogens is 488 g/mol. The molecule has 0 aromatic heterocycles. The molecule has 3 aromatic rings. The minimum Gasteiger partial charge on any atom is -0.478 e. The zero-order valence-electron chi connectivity index (χ0n) is 22.1. The molecule has 0 fully saturated rings. The van der Waals surface area contributed by atoms with Crippen LogP contribution in [-0.4, -0.2) is 53.7 Å². The Morgan fingerprint density at radius 3 is 1.82 bits per heavy atom. The highest BCUT2D eigenvalue weighted by molar-refractivity contribution is 6.24. The van der Waals surface area contributed by atoms with Gasteiger partial charge in [0.1, 0.15) is 0 Å². The molecule has 0 radical (unpaired) electrons. The summed E-state index contributed by atoms with van der Waals surface area (Å²) in [4.78, 5) is 50.7. The minimum absolute atomic E-state index is 0.0562. The number of aryl methyl sites for hydroxylation is 1. The molecule has 2 amide bonds. The molecule has 3 rings (SSSR count). The lowest BCUT2D eigenvalue weighted by Gasteiger charge is -2.21. The summed E-state index contributed by atoms with van der Waals surface area (Å²) in [7, 11) is 0. The Labute approximate surface area is 220 Å². The third-order valence-corrected chi connectivity index (χ3v) is 6.19. The molecule has 0 unspecified atom stereocenters. The quantitative estimate of drug-likeness (QED) is 0.295. The van der Waals surface area contributed by atoms with E-state index >= 15 is 0 Å². The lowest BCUT2D eigenvalue weighted by Crippen LogP contribution is -2.28. The van der Waals surface area contributed by atoms with Gasteiger partial charge in [-0.05, 0) is 60.7 Å². The number of benzene rings is 3. The van der Waals surface area contributed by atoms with E-state index in [1.165, 1.54) is 12.1 Å². The lowest BCUT2D eigenvalue weighted by molar-refractivity contribution is 0.0684. The van der Waals surface area contributed by atoms with Gasteiger partial charge < -0.3 is 25.6 Å². The number of carbonyl (C=O) groups is 4. The molecule has 0 spiro atoms. The predicted octanol–water partition coefficient (Wildman–Crippen LogP) is 4.86. The smallest absolute Gasteiger partial charge is 0.336 e. The van der Waals surface area contributed by atoms with Crippen LogP contribution in [0.1, 0.15) is 80.3 Å². The molecule has 0 bridgehead atoms. The number of hydrogen-bond donors (Lipinski definition) is 4. The maximum absolute atomic E-state index is 13.5. The molecule has 0 saturated carbocycles. The minimum atomic E-state index is -1.36. The summed E-state index contributed by atoms with van der Waals surface area (Å²) in [6.07, 6.45) is 0. The van der Waals surface area contributed by atoms with E-state index < -0.39 is 23.8 Å². The molecule has 9 heteroatoms. The van der Waals surface area contributed by atoms with Crippen LogP contribution in [0.5, 0.6) is 0 Å². The number of aromatic carboxylic acids is 2. The van der Waals surface area contributed by atoms with E-state index in [1.54, 1.807) is 6.07 Å². The Bertz CT molecular complexity index is 1420. The van der Waals surface area contributed by atoms with Crippen molar-refractivity contribution < 1.29 is 34.1 Å². The third-order valence-electron chi connectivity index (χ3n) is 6.19. The number of rotatable bonds is 9. The van der Waals surface area contributed by atoms with Gasteiger partial charge in [0, 0.05) is 40.7 Å². The standard InChI is InChI=1S/C29H32N2O7/c1-6-38-14-13-30-25(32)18-8-9-19(24-21(28(36)37)11-10-20(23(18)24)27(34)35)26(33)31-22-12-7-17(15-16(22)2)29(3,4)5/h7-12,15H,6,13-14H2,1-5H3,(H,30,32)(H,31,33)(H,34,35)(H,36,37). The fourth-order valence-corrected chi connectivity index (χ4v) is 4.17. The number of fused-ring (bicyclic) bond motifs is 1. The number of anilines is 1. The monoisotopic (exact) mass is 520 g/mol. The molecule has 3 aromatic carbocycles. The Morgan fingerprint density at radius 2 is 1.34 bits per heavy atom. The molecular formula is C29H32N2O7. The maximum Gasteiger partial charge on any atom is 0.336 e. The van der Waals surface area contributed by atoms with E-state index in [0.29, 0.717) is 12.3 Å². The number of hydrogen-bond acceptors (Lipinski definition) is 5. The van der Waals surface area contributed by atoms with Crippen molar-refractivity contribution in [2.75, 3.05) is 25.1 Å². The number of carboxylic acids is 2. The molecule has 0 aliphatic carbocycles. The zero-order chi connectivity index (χ0) is 28.2. The van der Waals surface area contributed by atoms with Gasteiger partial charge in [0.25, 0.3) is 11.8 Å². The van der Waals surface area contributed by atoms with E-state index in [0.717, 1.165) is 23.3 Å². The highest BCUT2D eigenvalue weighted by atomic mass is 16.5. The van der Waals surface area contributed by atoms with Crippen molar-refractivity contribution in [3.8, 4) is 0 Å². The van der Waals surface area contributed by atoms with Crippen molar-refractivity contribution in [1.29, 1.82) is 0 Å². The van der Waals surface area contributed by atoms with Gasteiger partial charge in [-0.1, -0.05) is 32.9 Å². The maximum atomic E-state index is 13.5. The van der Waals surface area contributed by atoms with Crippen molar-refractivity contribution >= 4 is 40.2 Å². The van der Waals surface area contributed by atoms with Crippen LogP contribution in [0.4, 0.5) is 5.69 Å². The number of nitrogens with one attached hydrogen (secondary N) is 2. The molecule has 38 heavy (non-hydrogen) atoms. The first kappa shape index (κ1) is 28.3. The lowest BCUT2D eigenvalue weighted by atomic mass is 9.86. The van der Waals surface area contributed by atoms with Gasteiger partial charge in [-0.3, -0.25) is 9.59 Å². The fourth-order valence-electron chi connectivity index (χ4n) is 4.17. The molecule has 200 valence electrons. The van der Waals surface area contributed by atoms with Crippen LogP contribution in [0, 0.1) is 6.92 Å². The second-order valence-electron chi connectivity index (χ2n) is 9.87. The molecule has 0 aliphatic rings. The van der Waals surface area contributed by atoms with Crippen molar-refractivity contribution in [3.63, 3.8) is 0 Å². The van der Waals surface area contributed by atoms with Crippen LogP contribution in [0.2, 0.25) is 0 Å². The first-order valence-electron chi connectivity index (χ1n) is 12.2. The molecule has 0 atom stereocenters. The number of ether oxygens (including phenoxy) is 1. The van der Waals surface area contributed by atoms with Crippen LogP contribution < -0.4 is 10.6 Å². The zero-order valence-corrected chi connectivity index (χ0v) is 22.1. The molecule has 0 heterocycles. The highest BCUT2D eigenvalue weighted by Crippen LogP contribution is 2.32. The SMILES string of the molecule is CCOCCNC(=O)c1ccc(C(=O)Nc2ccc(C(C)(C)C)cc2C)c2c(C(=O)O)ccc(C(=O)O)c12. The van der Waals surface area contributed by atoms with Gasteiger partial charge in [0.05, 0.1) is 17.7 Å². The van der Waals surface area contributed by atoms with Gasteiger partial charge in [-0.15, -0.1) is 0 Å². The fraction of sp³-hybridized carbons (Fsp3) is 0.310. The van der Waals surface area contributed by atoms with E-state index in [9.17, 15) is 29.4 Å². The van der Waals surface area contributed by atoms with Crippen molar-refractivity contribution in [2.24, 2.45) is 0 Å². The third kappa shape index (κ3) is 6.00. The summed E-state index contributed by atoms with van der Waals surface area (Å²) in [5.74, 6) is -3.96. The summed E-state index contributed by atoms with van der Waals surface area (Å²) in [5.41, 5.74) is 1.62. The summed E-state index contributed by atoms with van der Waals surface area (Å²) in [6.45, 7) is 10.8. The molecule has 4 N–H and O–H groups in total. The predicted molar refractivity (Wildman–Crippen MR) is 145 cm³/mol. The van der Waals surface area contributed by atoms with Crippen molar-refractivity contribution in [3.05, 3.63) is 75.8 Å². The average Bonchev–Trinajstić information content (AvgIpc) is 2.85. The highest BCUT2D eigenvalue weighted by Gasteiger charge is 2.26. The van der Waals surface area contributed by atoms with Crippen molar-refractivity contribution in [2.45, 2.75) is 40.0 Å². The summed E-state index contributed by atoms with van der Waals surface area (Å²) in [5, 5.41) is 25.0. The van der Waals surface area contributed by atoms with E-state index in [2.05, 4.69) is 31.4 Å². The number of amides is 2. The Hall–Kier alpha value is -4.24. The van der Waals surface area contributed by atoms with Crippen LogP contribution in [0.25, 0.3) is 10.8 Å². The van der Waals surface area contributed by atoms with Gasteiger partial charge in [-0.25, -0.2) is 9.59 Å². The van der Waals surface area contributed by atoms with Gasteiger partial charge in [0.15, 0.2) is 0 Å². The molecule has 0 saturated heterocycles. The second kappa shape index (κ2) is 11.4. The summed E-state index contributed by atoms with van der Waals surface area (Å²) >= 11 is 0. The topological polar surface area (TPSA) is 142 Å². The average molecular weight is 521 g/mol. The molecule has 0 aliphatic heterocycles. The summed E-state index contributed by atoms with van der Waals surface area (Å²) < 4.78 is 5.22. The van der Waals surface area contributed by atoms with Gasteiger partial charge >= 0.3 is 11.9 Å². The Balaban J connectivity index is 2.16. The van der Waals surface area contributed by atoms with Crippen LogP contribution in [0.15, 0.2) is 42.5 Å². The largest absolute Gasteiger partial charge is 0.478 e. The number of carbonyl (C=O) groups excluding carboxylic acids is 2. The van der Waals surface area contributed by atoms with Crippen LogP contribution in [-0.2, 0) is 10.2 Å². The van der Waals surface area contributed by atoms with Gasteiger partial charge in [0.2, 0.25) is 0 Å². The van der Waals surface area contributed by atoms with E-state index in [-0.39, 0.29) is 51.6 Å². The first-order valence-corrected chi connectivity index (χ1v) is 12.2. The second-order valence-corrected chi connectivity index (χ2v) is 9.87.